The highest BCUT2D eigenvalue weighted by Crippen LogP contribution is 2.61. The van der Waals surface area contributed by atoms with Crippen LogP contribution in [0.15, 0.2) is 41.5 Å². The molecule has 1 heterocycles. The lowest BCUT2D eigenvalue weighted by Gasteiger charge is -2.62. The van der Waals surface area contributed by atoms with Gasteiger partial charge in [-0.1, -0.05) is 45.9 Å². The molecule has 0 aromatic heterocycles. The van der Waals surface area contributed by atoms with Crippen LogP contribution in [0.5, 0.6) is 0 Å². The highest BCUT2D eigenvalue weighted by Gasteiger charge is 2.67. The largest absolute Gasteiger partial charge is 0.465 e. The van der Waals surface area contributed by atoms with Gasteiger partial charge in [0.1, 0.15) is 6.79 Å². The molecule has 11 heteroatoms. The maximum Gasteiger partial charge on any atom is 0.337 e. The first-order chi connectivity index (χ1) is 21.2. The minimum atomic E-state index is -1.32. The molecule has 1 aromatic carbocycles. The molecule has 0 radical (unpaired) electrons. The Morgan fingerprint density at radius 1 is 1.02 bits per heavy atom. The second-order valence-electron chi connectivity index (χ2n) is 12.1. The smallest absolute Gasteiger partial charge is 0.337 e. The summed E-state index contributed by atoms with van der Waals surface area (Å²) in [6.45, 7) is 14.9. The predicted octanol–water partition coefficient (Wildman–Crippen LogP) is 3.05. The van der Waals surface area contributed by atoms with Gasteiger partial charge in [-0.05, 0) is 49.5 Å². The monoisotopic (exact) mass is 636 g/mol. The predicted molar refractivity (Wildman–Crippen MR) is 167 cm³/mol. The molecule has 4 N–H and O–H groups in total. The Morgan fingerprint density at radius 3 is 2.04 bits per heavy atom. The van der Waals surface area contributed by atoms with Crippen molar-refractivity contribution in [1.29, 1.82) is 0 Å². The van der Waals surface area contributed by atoms with E-state index in [-0.39, 0.29) is 42.5 Å². The maximum absolute atomic E-state index is 13.9. The lowest BCUT2D eigenvalue weighted by Crippen LogP contribution is -2.69. The molecule has 4 aliphatic rings. The van der Waals surface area contributed by atoms with E-state index in [1.165, 1.54) is 14.0 Å². The molecule has 8 atom stereocenters. The first-order valence-electron chi connectivity index (χ1n) is 15.2. The van der Waals surface area contributed by atoms with E-state index in [1.54, 1.807) is 38.1 Å². The summed E-state index contributed by atoms with van der Waals surface area (Å²) in [6, 6.07) is 8.88. The first kappa shape index (κ1) is 40.1. The number of benzene rings is 1. The molecular formula is C34H52O11. The fourth-order valence-corrected chi connectivity index (χ4v) is 7.10. The number of carbonyl (C=O) groups is 4. The van der Waals surface area contributed by atoms with Crippen molar-refractivity contribution in [3.05, 3.63) is 47.0 Å². The lowest BCUT2D eigenvalue weighted by atomic mass is 9.47. The summed E-state index contributed by atoms with van der Waals surface area (Å²) in [5.74, 6) is -1.56. The van der Waals surface area contributed by atoms with Gasteiger partial charge in [0.2, 0.25) is 0 Å². The molecule has 5 rings (SSSR count). The fourth-order valence-electron chi connectivity index (χ4n) is 7.10. The summed E-state index contributed by atoms with van der Waals surface area (Å²) in [5.41, 5.74) is -1.79. The molecule has 0 spiro atoms. The summed E-state index contributed by atoms with van der Waals surface area (Å²) in [5, 5.41) is 40.6. The van der Waals surface area contributed by atoms with E-state index >= 15 is 0 Å². The highest BCUT2D eigenvalue weighted by atomic mass is 16.5. The topological polar surface area (TPSA) is 177 Å². The molecule has 254 valence electrons. The van der Waals surface area contributed by atoms with Crippen LogP contribution in [0.4, 0.5) is 0 Å². The normalized spacial score (nSPS) is 33.7. The van der Waals surface area contributed by atoms with Gasteiger partial charge in [0.05, 0.1) is 48.6 Å². The van der Waals surface area contributed by atoms with Gasteiger partial charge in [-0.25, -0.2) is 4.79 Å². The molecule has 1 saturated heterocycles. The third-order valence-corrected chi connectivity index (χ3v) is 9.78. The van der Waals surface area contributed by atoms with Gasteiger partial charge in [-0.2, -0.15) is 0 Å². The first-order valence-corrected chi connectivity index (χ1v) is 15.2. The number of ketones is 1. The van der Waals surface area contributed by atoms with E-state index in [9.17, 15) is 29.7 Å². The number of hydrogen-bond donors (Lipinski definition) is 4. The van der Waals surface area contributed by atoms with Crippen LogP contribution < -0.4 is 0 Å². The molecule has 1 aliphatic heterocycles. The third-order valence-electron chi connectivity index (χ3n) is 9.78. The molecular weight excluding hydrogens is 584 g/mol. The highest BCUT2D eigenvalue weighted by molar-refractivity contribution is 5.94. The van der Waals surface area contributed by atoms with Crippen LogP contribution in [-0.4, -0.2) is 95.8 Å². The molecule has 2 bridgehead atoms. The number of fused-ring (bicyclic) bond motifs is 5. The van der Waals surface area contributed by atoms with Gasteiger partial charge in [0.15, 0.2) is 11.9 Å². The van der Waals surface area contributed by atoms with Crippen molar-refractivity contribution in [3.8, 4) is 0 Å². The molecule has 0 amide bonds. The SMILES string of the molecule is C=O.CC.CC(=O)O[C@H]1C(=O)[C@@]2(C)C(CC3(O)C[C@H](O)C(C)=C1C3(C)C)[C@@H]1CO[C@@H]1C[C@@H]2O.CO.COC(=O)c1ccccc1. The van der Waals surface area contributed by atoms with Crippen LogP contribution in [0.2, 0.25) is 0 Å². The number of aliphatic hydroxyl groups is 4. The summed E-state index contributed by atoms with van der Waals surface area (Å²) in [7, 11) is 2.37. The van der Waals surface area contributed by atoms with E-state index < -0.39 is 40.7 Å². The van der Waals surface area contributed by atoms with Crippen LogP contribution in [0.3, 0.4) is 0 Å². The molecule has 2 saturated carbocycles. The summed E-state index contributed by atoms with van der Waals surface area (Å²) in [6.07, 6.45) is -2.53. The number of esters is 2. The molecule has 45 heavy (non-hydrogen) atoms. The zero-order valence-electron chi connectivity index (χ0n) is 28.0. The Bertz CT molecular complexity index is 1180. The number of methoxy groups -OCH3 is 1. The second-order valence-corrected chi connectivity index (χ2v) is 12.1. The van der Waals surface area contributed by atoms with E-state index in [0.717, 1.165) is 7.11 Å². The number of carbonyl (C=O) groups excluding carboxylic acids is 4. The van der Waals surface area contributed by atoms with Crippen LogP contribution in [0.1, 0.15) is 78.1 Å². The Labute approximate surface area is 266 Å². The number of aliphatic hydroxyl groups excluding tert-OH is 3. The summed E-state index contributed by atoms with van der Waals surface area (Å²) in [4.78, 5) is 44.7. The Kier molecular flexibility index (Phi) is 14.7. The molecule has 3 aliphatic carbocycles. The van der Waals surface area contributed by atoms with Gasteiger partial charge in [-0.15, -0.1) is 0 Å². The number of Topliss-reactive ketones (excluding diaryl/α,β-unsaturated/α-hetero) is 1. The van der Waals surface area contributed by atoms with E-state index in [0.29, 0.717) is 29.7 Å². The Hall–Kier alpha value is -2.96. The molecule has 2 unspecified atom stereocenters. The van der Waals surface area contributed by atoms with Crippen molar-refractivity contribution >= 4 is 24.5 Å². The number of ether oxygens (including phenoxy) is 3. The van der Waals surface area contributed by atoms with E-state index in [2.05, 4.69) is 4.74 Å². The van der Waals surface area contributed by atoms with Gasteiger partial charge in [0, 0.05) is 38.2 Å². The standard InChI is InChI=1S/C22H32O7.C8H8O2.C2H6.CH4O.CH2O/c1-10-14(24)8-22(27)7-13-12-9-28-15(12)6-16(25)21(13,5)19(26)18(29-11(2)23)17(10)20(22,3)4;1-10-8(9)7-5-3-2-4-6-7;3*1-2/h12-16,18,24-25,27H,6-9H2,1-5H3;2-6H,1H3;1-2H3;2H,1H3;1H2/t12-,13?,14-,15+,16-,18+,21-,22?;;;;/m0..../s1. The quantitative estimate of drug-likeness (QED) is 0.277. The minimum Gasteiger partial charge on any atom is -0.465 e. The Balaban J connectivity index is 0.000000530. The maximum atomic E-state index is 13.9. The molecule has 11 nitrogen and oxygen atoms in total. The minimum absolute atomic E-state index is 0.0378. The average molecular weight is 637 g/mol. The third kappa shape index (κ3) is 7.55. The van der Waals surface area contributed by atoms with Crippen molar-refractivity contribution in [3.63, 3.8) is 0 Å². The summed E-state index contributed by atoms with van der Waals surface area (Å²) < 4.78 is 15.7. The average Bonchev–Trinajstić information content (AvgIpc) is 3.02. The summed E-state index contributed by atoms with van der Waals surface area (Å²) >= 11 is 0. The van der Waals surface area contributed by atoms with Crippen molar-refractivity contribution < 1.29 is 53.8 Å². The molecule has 1 aromatic rings. The van der Waals surface area contributed by atoms with Crippen LogP contribution >= 0.6 is 0 Å². The van der Waals surface area contributed by atoms with Gasteiger partial charge in [-0.3, -0.25) is 9.59 Å². The number of hydrogen-bond acceptors (Lipinski definition) is 11. The zero-order valence-corrected chi connectivity index (χ0v) is 28.0. The van der Waals surface area contributed by atoms with Crippen molar-refractivity contribution in [2.24, 2.45) is 22.7 Å². The molecule has 3 fully saturated rings. The lowest BCUT2D eigenvalue weighted by molar-refractivity contribution is -0.244. The Morgan fingerprint density at radius 2 is 1.58 bits per heavy atom. The van der Waals surface area contributed by atoms with E-state index in [4.69, 9.17) is 19.4 Å². The van der Waals surface area contributed by atoms with Gasteiger partial charge in [0.25, 0.3) is 0 Å². The van der Waals surface area contributed by atoms with Crippen molar-refractivity contribution in [1.82, 2.24) is 0 Å². The van der Waals surface area contributed by atoms with Gasteiger partial charge < -0.3 is 39.4 Å². The number of rotatable bonds is 2. The van der Waals surface area contributed by atoms with Crippen LogP contribution in [-0.2, 0) is 28.6 Å². The van der Waals surface area contributed by atoms with Crippen LogP contribution in [0, 0.1) is 22.7 Å². The van der Waals surface area contributed by atoms with Gasteiger partial charge >= 0.3 is 11.9 Å². The zero-order chi connectivity index (χ0) is 34.9. The second kappa shape index (κ2) is 16.6. The van der Waals surface area contributed by atoms with Crippen molar-refractivity contribution in [2.75, 3.05) is 20.8 Å². The van der Waals surface area contributed by atoms with E-state index in [1.807, 2.05) is 40.6 Å². The van der Waals surface area contributed by atoms with Crippen LogP contribution in [0.25, 0.3) is 0 Å². The van der Waals surface area contributed by atoms with Crippen molar-refractivity contribution in [2.45, 2.75) is 97.7 Å². The fraction of sp³-hybridized carbons (Fsp3) is 0.647.